The molecule has 1 aromatic carbocycles. The second kappa shape index (κ2) is 7.99. The largest absolute Gasteiger partial charge is 0.370 e. The van der Waals surface area contributed by atoms with E-state index in [1.54, 1.807) is 13.1 Å². The molecule has 1 aromatic heterocycles. The van der Waals surface area contributed by atoms with Crippen LogP contribution in [0.15, 0.2) is 21.7 Å². The third-order valence-corrected chi connectivity index (χ3v) is 8.55. The first kappa shape index (κ1) is 19.6. The number of benzene rings is 1. The van der Waals surface area contributed by atoms with E-state index in [4.69, 9.17) is 4.63 Å². The molecule has 1 heterocycles. The average Bonchev–Trinajstić information content (AvgIpc) is 3.23. The summed E-state index contributed by atoms with van der Waals surface area (Å²) in [6, 6.07) is 4.04. The highest BCUT2D eigenvalue weighted by molar-refractivity contribution is 7.89. The molecule has 2 aliphatic rings. The third kappa shape index (κ3) is 3.52. The first-order valence-corrected chi connectivity index (χ1v) is 11.9. The van der Waals surface area contributed by atoms with Crippen LogP contribution in [0.3, 0.4) is 0 Å². The monoisotopic (exact) mass is 406 g/mol. The fraction of sp³-hybridized carbons (Fsp3) is 0.700. The van der Waals surface area contributed by atoms with Gasteiger partial charge in [0, 0.05) is 26.2 Å². The maximum absolute atomic E-state index is 13.3. The van der Waals surface area contributed by atoms with E-state index in [0.717, 1.165) is 44.2 Å². The lowest BCUT2D eigenvalue weighted by Crippen LogP contribution is -2.38. The SMILES string of the molecule is CN(c1ccc(S(=O)(=O)N(C)C2CCCCC2)c2nonc12)C1CCCCC1. The number of sulfonamides is 1. The summed E-state index contributed by atoms with van der Waals surface area (Å²) in [7, 11) is 0.0944. The van der Waals surface area contributed by atoms with Crippen molar-refractivity contribution in [2.24, 2.45) is 0 Å². The average molecular weight is 407 g/mol. The lowest BCUT2D eigenvalue weighted by Gasteiger charge is -2.33. The van der Waals surface area contributed by atoms with Crippen molar-refractivity contribution in [2.45, 2.75) is 81.2 Å². The molecule has 2 aliphatic carbocycles. The van der Waals surface area contributed by atoms with Crippen molar-refractivity contribution < 1.29 is 13.0 Å². The molecule has 0 spiro atoms. The van der Waals surface area contributed by atoms with Crippen LogP contribution in [-0.2, 0) is 10.0 Å². The number of hydrogen-bond donors (Lipinski definition) is 0. The maximum Gasteiger partial charge on any atom is 0.245 e. The molecule has 28 heavy (non-hydrogen) atoms. The Labute approximate surface area is 167 Å². The van der Waals surface area contributed by atoms with E-state index < -0.39 is 10.0 Å². The molecule has 2 saturated carbocycles. The molecular formula is C20H30N4O3S. The van der Waals surface area contributed by atoms with Gasteiger partial charge < -0.3 is 4.90 Å². The van der Waals surface area contributed by atoms with Gasteiger partial charge in [0.2, 0.25) is 10.0 Å². The van der Waals surface area contributed by atoms with Crippen LogP contribution in [-0.4, -0.2) is 49.2 Å². The van der Waals surface area contributed by atoms with Crippen LogP contribution in [0.5, 0.6) is 0 Å². The Morgan fingerprint density at radius 2 is 1.43 bits per heavy atom. The Morgan fingerprint density at radius 3 is 2.07 bits per heavy atom. The molecular weight excluding hydrogens is 376 g/mol. The minimum atomic E-state index is -3.65. The Kier molecular flexibility index (Phi) is 5.60. The summed E-state index contributed by atoms with van der Waals surface area (Å²) in [4.78, 5) is 2.41. The molecule has 0 unspecified atom stereocenters. The normalized spacial score (nSPS) is 20.1. The molecule has 2 aromatic rings. The van der Waals surface area contributed by atoms with Crippen molar-refractivity contribution in [3.63, 3.8) is 0 Å². The van der Waals surface area contributed by atoms with Gasteiger partial charge in [-0.2, -0.15) is 4.31 Å². The van der Waals surface area contributed by atoms with Crippen molar-refractivity contribution >= 4 is 26.7 Å². The van der Waals surface area contributed by atoms with Gasteiger partial charge in [0.25, 0.3) is 0 Å². The number of fused-ring (bicyclic) bond motifs is 1. The highest BCUT2D eigenvalue weighted by atomic mass is 32.2. The first-order valence-electron chi connectivity index (χ1n) is 10.5. The van der Waals surface area contributed by atoms with Crippen LogP contribution in [0.4, 0.5) is 5.69 Å². The zero-order valence-corrected chi connectivity index (χ0v) is 17.6. The molecule has 0 aliphatic heterocycles. The predicted molar refractivity (Wildman–Crippen MR) is 109 cm³/mol. The van der Waals surface area contributed by atoms with E-state index in [1.165, 1.54) is 30.0 Å². The summed E-state index contributed by atoms with van der Waals surface area (Å²) >= 11 is 0. The van der Waals surface area contributed by atoms with Gasteiger partial charge in [0.15, 0.2) is 11.0 Å². The molecule has 0 amide bonds. The Hall–Kier alpha value is -1.67. The second-order valence-electron chi connectivity index (χ2n) is 8.26. The maximum atomic E-state index is 13.3. The third-order valence-electron chi connectivity index (χ3n) is 6.61. The minimum Gasteiger partial charge on any atom is -0.370 e. The van der Waals surface area contributed by atoms with Gasteiger partial charge in [0.05, 0.1) is 5.69 Å². The van der Waals surface area contributed by atoms with Gasteiger partial charge in [-0.3, -0.25) is 0 Å². The second-order valence-corrected chi connectivity index (χ2v) is 10.2. The zero-order valence-electron chi connectivity index (χ0n) is 16.8. The Bertz CT molecular complexity index is 915. The fourth-order valence-corrected chi connectivity index (χ4v) is 6.32. The molecule has 0 N–H and O–H groups in total. The van der Waals surface area contributed by atoms with Gasteiger partial charge in [-0.25, -0.2) is 13.0 Å². The van der Waals surface area contributed by atoms with Crippen molar-refractivity contribution in [3.8, 4) is 0 Å². The van der Waals surface area contributed by atoms with Crippen LogP contribution >= 0.6 is 0 Å². The standard InChI is InChI=1S/C20H30N4O3S/c1-23(15-9-5-3-6-10-15)17-13-14-18(20-19(17)21-27-22-20)28(25,26)24(2)16-11-7-4-8-12-16/h13-16H,3-12H2,1-2H3. The molecule has 154 valence electrons. The smallest absolute Gasteiger partial charge is 0.245 e. The molecule has 8 heteroatoms. The van der Waals surface area contributed by atoms with Crippen LogP contribution in [0.2, 0.25) is 0 Å². The fourth-order valence-electron chi connectivity index (χ4n) is 4.78. The quantitative estimate of drug-likeness (QED) is 0.748. The van der Waals surface area contributed by atoms with Crippen molar-refractivity contribution in [3.05, 3.63) is 12.1 Å². The lowest BCUT2D eigenvalue weighted by atomic mass is 9.94. The van der Waals surface area contributed by atoms with Crippen LogP contribution in [0.1, 0.15) is 64.2 Å². The predicted octanol–water partition coefficient (Wildman–Crippen LogP) is 3.94. The number of nitrogens with zero attached hydrogens (tertiary/aromatic N) is 4. The van der Waals surface area contributed by atoms with Gasteiger partial charge in [-0.15, -0.1) is 0 Å². The Morgan fingerprint density at radius 1 is 0.857 bits per heavy atom. The number of hydrogen-bond acceptors (Lipinski definition) is 6. The van der Waals surface area contributed by atoms with E-state index in [-0.39, 0.29) is 10.9 Å². The van der Waals surface area contributed by atoms with Crippen molar-refractivity contribution in [1.82, 2.24) is 14.6 Å². The van der Waals surface area contributed by atoms with Gasteiger partial charge in [0.1, 0.15) is 4.90 Å². The number of rotatable bonds is 5. The van der Waals surface area contributed by atoms with Crippen molar-refractivity contribution in [1.29, 1.82) is 0 Å². The highest BCUT2D eigenvalue weighted by Gasteiger charge is 2.32. The molecule has 2 fully saturated rings. The zero-order chi connectivity index (χ0) is 19.7. The summed E-state index contributed by atoms with van der Waals surface area (Å²) in [5.74, 6) is 0. The minimum absolute atomic E-state index is 0.0539. The highest BCUT2D eigenvalue weighted by Crippen LogP contribution is 2.35. The summed E-state index contributed by atoms with van der Waals surface area (Å²) in [5.41, 5.74) is 1.76. The van der Waals surface area contributed by atoms with Crippen molar-refractivity contribution in [2.75, 3.05) is 19.0 Å². The number of anilines is 1. The molecule has 0 atom stereocenters. The van der Waals surface area contributed by atoms with E-state index in [0.29, 0.717) is 17.1 Å². The van der Waals surface area contributed by atoms with Crippen LogP contribution in [0.25, 0.3) is 11.0 Å². The van der Waals surface area contributed by atoms with Gasteiger partial charge >= 0.3 is 0 Å². The Balaban J connectivity index is 1.68. The van der Waals surface area contributed by atoms with E-state index in [1.807, 2.05) is 6.07 Å². The summed E-state index contributed by atoms with van der Waals surface area (Å²) in [6.07, 6.45) is 11.2. The first-order chi connectivity index (χ1) is 13.5. The van der Waals surface area contributed by atoms with E-state index >= 15 is 0 Å². The number of aromatic nitrogens is 2. The van der Waals surface area contributed by atoms with E-state index in [9.17, 15) is 8.42 Å². The van der Waals surface area contributed by atoms with E-state index in [2.05, 4.69) is 22.3 Å². The van der Waals surface area contributed by atoms with Crippen LogP contribution < -0.4 is 4.90 Å². The van der Waals surface area contributed by atoms with Gasteiger partial charge in [-0.05, 0) is 48.1 Å². The molecule has 0 saturated heterocycles. The molecule has 0 radical (unpaired) electrons. The summed E-state index contributed by atoms with van der Waals surface area (Å²) in [5, 5.41) is 8.05. The van der Waals surface area contributed by atoms with Gasteiger partial charge in [-0.1, -0.05) is 38.5 Å². The summed E-state index contributed by atoms with van der Waals surface area (Å²) < 4.78 is 33.2. The molecule has 7 nitrogen and oxygen atoms in total. The van der Waals surface area contributed by atoms with Crippen LogP contribution in [0, 0.1) is 0 Å². The topological polar surface area (TPSA) is 79.5 Å². The lowest BCUT2D eigenvalue weighted by molar-refractivity contribution is 0.285. The molecule has 0 bridgehead atoms. The molecule has 4 rings (SSSR count). The summed E-state index contributed by atoms with van der Waals surface area (Å²) in [6.45, 7) is 0.